The van der Waals surface area contributed by atoms with Gasteiger partial charge in [0.15, 0.2) is 0 Å². The average molecular weight is 286 g/mol. The van der Waals surface area contributed by atoms with Crippen LogP contribution in [0, 0.1) is 0 Å². The summed E-state index contributed by atoms with van der Waals surface area (Å²) in [5, 5.41) is 0. The number of fused-ring (bicyclic) bond motifs is 1. The van der Waals surface area contributed by atoms with Crippen LogP contribution in [0.1, 0.15) is 39.2 Å². The molecule has 3 nitrogen and oxygen atoms in total. The molecule has 2 saturated heterocycles. The Kier molecular flexibility index (Phi) is 3.78. The van der Waals surface area contributed by atoms with Crippen LogP contribution in [-0.2, 0) is 10.2 Å². The van der Waals surface area contributed by atoms with Gasteiger partial charge in [0.2, 0.25) is 5.91 Å². The summed E-state index contributed by atoms with van der Waals surface area (Å²) in [6, 6.07) is 11.7. The second kappa shape index (κ2) is 5.45. The van der Waals surface area contributed by atoms with Crippen LogP contribution in [0.3, 0.4) is 0 Å². The molecule has 114 valence electrons. The van der Waals surface area contributed by atoms with Crippen LogP contribution in [0.25, 0.3) is 0 Å². The topological polar surface area (TPSA) is 23.6 Å². The van der Waals surface area contributed by atoms with Crippen molar-refractivity contribution in [1.82, 2.24) is 9.80 Å². The molecule has 0 unspecified atom stereocenters. The summed E-state index contributed by atoms with van der Waals surface area (Å²) < 4.78 is 0. The summed E-state index contributed by atoms with van der Waals surface area (Å²) in [5.41, 5.74) is 1.58. The maximum absolute atomic E-state index is 12.1. The summed E-state index contributed by atoms with van der Waals surface area (Å²) >= 11 is 0. The molecule has 0 aliphatic carbocycles. The third kappa shape index (κ3) is 2.38. The molecule has 1 amide bonds. The summed E-state index contributed by atoms with van der Waals surface area (Å²) in [6.07, 6.45) is 2.26. The highest BCUT2D eigenvalue weighted by molar-refractivity contribution is 5.74. The lowest BCUT2D eigenvalue weighted by Gasteiger charge is -2.47. The first kappa shape index (κ1) is 14.6. The van der Waals surface area contributed by atoms with E-state index in [0.717, 1.165) is 32.5 Å². The third-order valence-corrected chi connectivity index (χ3v) is 5.55. The van der Waals surface area contributed by atoms with Crippen molar-refractivity contribution < 1.29 is 4.79 Å². The monoisotopic (exact) mass is 286 g/mol. The second-order valence-corrected chi connectivity index (χ2v) is 6.84. The quantitative estimate of drug-likeness (QED) is 0.834. The molecular formula is C18H26N2O. The number of nitrogens with zero attached hydrogens (tertiary/aromatic N) is 2. The van der Waals surface area contributed by atoms with Crippen molar-refractivity contribution in [2.75, 3.05) is 19.6 Å². The fraction of sp³-hybridized carbons (Fsp3) is 0.611. The van der Waals surface area contributed by atoms with Crippen LogP contribution in [0.15, 0.2) is 30.3 Å². The van der Waals surface area contributed by atoms with Gasteiger partial charge < -0.3 is 4.90 Å². The van der Waals surface area contributed by atoms with E-state index in [1.165, 1.54) is 5.56 Å². The van der Waals surface area contributed by atoms with Gasteiger partial charge >= 0.3 is 0 Å². The molecular weight excluding hydrogens is 260 g/mol. The van der Waals surface area contributed by atoms with Crippen molar-refractivity contribution >= 4 is 5.91 Å². The molecule has 0 N–H and O–H groups in total. The van der Waals surface area contributed by atoms with Gasteiger partial charge in [-0.15, -0.1) is 0 Å². The Hall–Kier alpha value is -1.35. The van der Waals surface area contributed by atoms with Crippen LogP contribution in [0.5, 0.6) is 0 Å². The highest BCUT2D eigenvalue weighted by atomic mass is 16.2. The number of rotatable bonds is 2. The Morgan fingerprint density at radius 2 is 1.86 bits per heavy atom. The number of amides is 1. The molecule has 0 saturated carbocycles. The Labute approximate surface area is 127 Å². The van der Waals surface area contributed by atoms with E-state index in [1.807, 2.05) is 0 Å². The van der Waals surface area contributed by atoms with E-state index in [-0.39, 0.29) is 11.3 Å². The van der Waals surface area contributed by atoms with E-state index in [4.69, 9.17) is 0 Å². The molecule has 0 spiro atoms. The number of benzene rings is 1. The van der Waals surface area contributed by atoms with Crippen molar-refractivity contribution in [2.24, 2.45) is 0 Å². The molecule has 3 rings (SSSR count). The fourth-order valence-electron chi connectivity index (χ4n) is 4.26. The highest BCUT2D eigenvalue weighted by Crippen LogP contribution is 2.46. The molecule has 2 atom stereocenters. The van der Waals surface area contributed by atoms with E-state index < -0.39 is 0 Å². The largest absolute Gasteiger partial charge is 0.338 e. The second-order valence-electron chi connectivity index (χ2n) is 6.84. The molecule has 1 aromatic carbocycles. The zero-order chi connectivity index (χ0) is 15.0. The first-order valence-corrected chi connectivity index (χ1v) is 8.11. The highest BCUT2D eigenvalue weighted by Gasteiger charge is 2.52. The molecule has 3 heteroatoms. The molecule has 1 aromatic rings. The molecule has 2 aliphatic heterocycles. The van der Waals surface area contributed by atoms with Crippen molar-refractivity contribution in [2.45, 2.75) is 51.1 Å². The molecule has 0 bridgehead atoms. The Morgan fingerprint density at radius 3 is 2.48 bits per heavy atom. The minimum atomic E-state index is 0.165. The van der Waals surface area contributed by atoms with E-state index in [9.17, 15) is 4.79 Å². The summed E-state index contributed by atoms with van der Waals surface area (Å²) in [5.74, 6) is 0.225. The minimum absolute atomic E-state index is 0.165. The van der Waals surface area contributed by atoms with E-state index in [0.29, 0.717) is 12.1 Å². The summed E-state index contributed by atoms with van der Waals surface area (Å²) in [4.78, 5) is 16.7. The molecule has 2 fully saturated rings. The molecule has 2 aliphatic rings. The standard InChI is InChI=1S/C18H26N2O/c1-14(2)19-11-9-18(16-7-5-4-6-8-16)10-12-20(15(3)21)17(18)13-19/h4-8,14,17H,9-13H2,1-3H3/t17-,18+/m1/s1. The predicted octanol–water partition coefficient (Wildman–Crippen LogP) is 2.66. The maximum atomic E-state index is 12.1. The van der Waals surface area contributed by atoms with E-state index in [1.54, 1.807) is 6.92 Å². The van der Waals surface area contributed by atoms with Crippen LogP contribution in [0.4, 0.5) is 0 Å². The van der Waals surface area contributed by atoms with Crippen molar-refractivity contribution in [1.29, 1.82) is 0 Å². The lowest BCUT2D eigenvalue weighted by atomic mass is 9.69. The average Bonchev–Trinajstić information content (AvgIpc) is 2.88. The van der Waals surface area contributed by atoms with Crippen LogP contribution >= 0.6 is 0 Å². The van der Waals surface area contributed by atoms with Crippen molar-refractivity contribution in [3.05, 3.63) is 35.9 Å². The van der Waals surface area contributed by atoms with Gasteiger partial charge in [-0.1, -0.05) is 30.3 Å². The normalized spacial score (nSPS) is 29.7. The van der Waals surface area contributed by atoms with Gasteiger partial charge in [-0.25, -0.2) is 0 Å². The van der Waals surface area contributed by atoms with Gasteiger partial charge in [-0.3, -0.25) is 9.69 Å². The lowest BCUT2D eigenvalue weighted by Crippen LogP contribution is -2.57. The zero-order valence-corrected chi connectivity index (χ0v) is 13.4. The smallest absolute Gasteiger partial charge is 0.219 e. The van der Waals surface area contributed by atoms with E-state index in [2.05, 4.69) is 54.0 Å². The first-order valence-electron chi connectivity index (χ1n) is 8.11. The Morgan fingerprint density at radius 1 is 1.19 bits per heavy atom. The predicted molar refractivity (Wildman–Crippen MR) is 85.2 cm³/mol. The number of likely N-dealkylation sites (tertiary alicyclic amines) is 2. The van der Waals surface area contributed by atoms with Crippen molar-refractivity contribution in [3.63, 3.8) is 0 Å². The number of hydrogen-bond donors (Lipinski definition) is 0. The van der Waals surface area contributed by atoms with Gasteiger partial charge in [0.1, 0.15) is 0 Å². The van der Waals surface area contributed by atoms with Gasteiger partial charge in [-0.2, -0.15) is 0 Å². The van der Waals surface area contributed by atoms with E-state index >= 15 is 0 Å². The maximum Gasteiger partial charge on any atom is 0.219 e. The fourth-order valence-corrected chi connectivity index (χ4v) is 4.26. The number of hydrogen-bond acceptors (Lipinski definition) is 2. The van der Waals surface area contributed by atoms with Gasteiger partial charge in [-0.05, 0) is 38.8 Å². The number of piperidine rings is 1. The van der Waals surface area contributed by atoms with Gasteiger partial charge in [0.25, 0.3) is 0 Å². The molecule has 0 radical (unpaired) electrons. The Bertz CT molecular complexity index is 513. The first-order chi connectivity index (χ1) is 10.0. The van der Waals surface area contributed by atoms with Crippen LogP contribution in [0.2, 0.25) is 0 Å². The molecule has 0 aromatic heterocycles. The SMILES string of the molecule is CC(=O)N1CC[C@]2(c3ccccc3)CCN(C(C)C)C[C@@H]12. The lowest BCUT2D eigenvalue weighted by molar-refractivity contribution is -0.131. The molecule has 21 heavy (non-hydrogen) atoms. The van der Waals surface area contributed by atoms with Gasteiger partial charge in [0, 0.05) is 31.5 Å². The zero-order valence-electron chi connectivity index (χ0n) is 13.4. The number of carbonyl (C=O) groups excluding carboxylic acids is 1. The summed E-state index contributed by atoms with van der Waals surface area (Å²) in [6.45, 7) is 9.27. The summed E-state index contributed by atoms with van der Waals surface area (Å²) in [7, 11) is 0. The third-order valence-electron chi connectivity index (χ3n) is 5.55. The minimum Gasteiger partial charge on any atom is -0.338 e. The van der Waals surface area contributed by atoms with Crippen LogP contribution in [-0.4, -0.2) is 47.4 Å². The Balaban J connectivity index is 1.97. The van der Waals surface area contributed by atoms with Gasteiger partial charge in [0.05, 0.1) is 6.04 Å². The van der Waals surface area contributed by atoms with Crippen LogP contribution < -0.4 is 0 Å². The number of carbonyl (C=O) groups is 1. The molecule has 2 heterocycles. The van der Waals surface area contributed by atoms with Crippen molar-refractivity contribution in [3.8, 4) is 0 Å².